The molecule has 0 aromatic rings. The molecule has 1 aliphatic heterocycles. The molecule has 0 saturated heterocycles. The van der Waals surface area contributed by atoms with Gasteiger partial charge in [-0.3, -0.25) is 9.30 Å². The SMILES string of the molecule is CN1C=NC(C)(C2=CC=CC(=S)C2)CS1(=O)=O. The minimum Gasteiger partial charge on any atom is -0.263 e. The smallest absolute Gasteiger partial charge is 0.238 e. The van der Waals surface area contributed by atoms with E-state index in [2.05, 4.69) is 4.99 Å². The molecule has 1 unspecified atom stereocenters. The number of allylic oxidation sites excluding steroid dienone is 3. The van der Waals surface area contributed by atoms with Gasteiger partial charge < -0.3 is 0 Å². The van der Waals surface area contributed by atoms with E-state index in [1.807, 2.05) is 25.2 Å². The van der Waals surface area contributed by atoms with Crippen LogP contribution >= 0.6 is 12.2 Å². The molecule has 0 fully saturated rings. The molecule has 1 aliphatic carbocycles. The van der Waals surface area contributed by atoms with Crippen LogP contribution < -0.4 is 0 Å². The average Bonchev–Trinajstić information content (AvgIpc) is 2.24. The Kier molecular flexibility index (Phi) is 2.95. The van der Waals surface area contributed by atoms with Crippen molar-refractivity contribution in [2.75, 3.05) is 12.8 Å². The van der Waals surface area contributed by atoms with Crippen molar-refractivity contribution in [3.05, 3.63) is 23.8 Å². The van der Waals surface area contributed by atoms with E-state index < -0.39 is 15.6 Å². The van der Waals surface area contributed by atoms with Crippen molar-refractivity contribution in [3.63, 3.8) is 0 Å². The highest BCUT2D eigenvalue weighted by Crippen LogP contribution is 2.31. The second kappa shape index (κ2) is 4.03. The van der Waals surface area contributed by atoms with Gasteiger partial charge >= 0.3 is 0 Å². The monoisotopic (exact) mass is 270 g/mol. The first kappa shape index (κ1) is 12.4. The van der Waals surface area contributed by atoms with Gasteiger partial charge in [-0.1, -0.05) is 24.4 Å². The molecule has 1 atom stereocenters. The van der Waals surface area contributed by atoms with Gasteiger partial charge in [0.1, 0.15) is 0 Å². The van der Waals surface area contributed by atoms with Gasteiger partial charge in [0.05, 0.1) is 17.6 Å². The summed E-state index contributed by atoms with van der Waals surface area (Å²) in [6.07, 6.45) is 7.61. The summed E-state index contributed by atoms with van der Waals surface area (Å²) >= 11 is 5.14. The third-order valence-electron chi connectivity index (χ3n) is 3.04. The Balaban J connectivity index is 2.39. The molecule has 2 rings (SSSR count). The summed E-state index contributed by atoms with van der Waals surface area (Å²) in [7, 11) is -1.76. The Labute approximate surface area is 107 Å². The van der Waals surface area contributed by atoms with Crippen molar-refractivity contribution < 1.29 is 8.42 Å². The predicted octanol–water partition coefficient (Wildman–Crippen LogP) is 1.30. The zero-order valence-corrected chi connectivity index (χ0v) is 11.4. The fraction of sp³-hybridized carbons (Fsp3) is 0.455. The van der Waals surface area contributed by atoms with E-state index in [1.165, 1.54) is 13.4 Å². The van der Waals surface area contributed by atoms with E-state index in [9.17, 15) is 8.42 Å². The first-order valence-corrected chi connectivity index (χ1v) is 7.27. The van der Waals surface area contributed by atoms with Gasteiger partial charge in [-0.15, -0.1) is 0 Å². The lowest BCUT2D eigenvalue weighted by Crippen LogP contribution is -2.45. The predicted molar refractivity (Wildman–Crippen MR) is 72.9 cm³/mol. The molecule has 0 aromatic heterocycles. The quantitative estimate of drug-likeness (QED) is 0.675. The molecule has 0 radical (unpaired) electrons. The van der Waals surface area contributed by atoms with Crippen LogP contribution in [0, 0.1) is 0 Å². The van der Waals surface area contributed by atoms with Gasteiger partial charge in [-0.2, -0.15) is 0 Å². The van der Waals surface area contributed by atoms with Crippen molar-refractivity contribution in [1.82, 2.24) is 4.31 Å². The fourth-order valence-corrected chi connectivity index (χ4v) is 3.50. The topological polar surface area (TPSA) is 49.7 Å². The van der Waals surface area contributed by atoms with E-state index in [-0.39, 0.29) is 5.75 Å². The Bertz CT molecular complexity index is 546. The van der Waals surface area contributed by atoms with E-state index in [0.29, 0.717) is 6.42 Å². The molecule has 92 valence electrons. The van der Waals surface area contributed by atoms with Crippen LogP contribution in [0.2, 0.25) is 0 Å². The average molecular weight is 270 g/mol. The third kappa shape index (κ3) is 2.32. The number of aliphatic imine (C=N–C) groups is 1. The highest BCUT2D eigenvalue weighted by molar-refractivity contribution is 7.89. The van der Waals surface area contributed by atoms with Crippen LogP contribution in [0.5, 0.6) is 0 Å². The molecule has 0 spiro atoms. The van der Waals surface area contributed by atoms with E-state index >= 15 is 0 Å². The van der Waals surface area contributed by atoms with Gasteiger partial charge in [0, 0.05) is 18.3 Å². The van der Waals surface area contributed by atoms with Crippen LogP contribution in [-0.4, -0.2) is 42.3 Å². The lowest BCUT2D eigenvalue weighted by Gasteiger charge is -2.34. The maximum atomic E-state index is 11.9. The number of hydrogen-bond acceptors (Lipinski definition) is 4. The first-order chi connectivity index (χ1) is 7.83. The zero-order chi connectivity index (χ0) is 12.7. The number of rotatable bonds is 1. The minimum atomic E-state index is -3.26. The third-order valence-corrected chi connectivity index (χ3v) is 5.22. The Morgan fingerprint density at radius 2 is 2.24 bits per heavy atom. The van der Waals surface area contributed by atoms with Gasteiger partial charge in [-0.05, 0) is 18.6 Å². The molecule has 0 amide bonds. The molecule has 0 saturated carbocycles. The molecule has 6 heteroatoms. The summed E-state index contributed by atoms with van der Waals surface area (Å²) < 4.78 is 24.9. The van der Waals surface area contributed by atoms with Gasteiger partial charge in [0.25, 0.3) is 0 Å². The summed E-state index contributed by atoms with van der Waals surface area (Å²) in [6, 6.07) is 0. The molecule has 4 nitrogen and oxygen atoms in total. The lowest BCUT2D eigenvalue weighted by atomic mass is 9.88. The van der Waals surface area contributed by atoms with Gasteiger partial charge in [-0.25, -0.2) is 8.42 Å². The van der Waals surface area contributed by atoms with Crippen molar-refractivity contribution in [2.24, 2.45) is 4.99 Å². The van der Waals surface area contributed by atoms with Crippen molar-refractivity contribution in [1.29, 1.82) is 0 Å². The minimum absolute atomic E-state index is 0.00468. The van der Waals surface area contributed by atoms with Crippen LogP contribution in [0.1, 0.15) is 13.3 Å². The number of sulfonamides is 1. The maximum absolute atomic E-state index is 11.9. The number of nitrogens with zero attached hydrogens (tertiary/aromatic N) is 2. The van der Waals surface area contributed by atoms with Crippen LogP contribution in [0.25, 0.3) is 0 Å². The second-order valence-corrected chi connectivity index (χ2v) is 7.04. The van der Waals surface area contributed by atoms with E-state index in [0.717, 1.165) is 14.7 Å². The van der Waals surface area contributed by atoms with Crippen molar-refractivity contribution in [2.45, 2.75) is 18.9 Å². The summed E-state index contributed by atoms with van der Waals surface area (Å²) in [5.74, 6) is -0.00468. The highest BCUT2D eigenvalue weighted by atomic mass is 32.2. The Morgan fingerprint density at radius 3 is 2.82 bits per heavy atom. The van der Waals surface area contributed by atoms with E-state index in [1.54, 1.807) is 0 Å². The zero-order valence-electron chi connectivity index (χ0n) is 9.75. The van der Waals surface area contributed by atoms with Crippen molar-refractivity contribution >= 4 is 33.4 Å². The Hall–Kier alpha value is -1.01. The molecule has 0 aromatic carbocycles. The normalized spacial score (nSPS) is 31.5. The number of hydrogen-bond donors (Lipinski definition) is 0. The van der Waals surface area contributed by atoms with Crippen LogP contribution in [-0.2, 0) is 10.0 Å². The molecule has 17 heavy (non-hydrogen) atoms. The van der Waals surface area contributed by atoms with Gasteiger partial charge in [0.2, 0.25) is 10.0 Å². The van der Waals surface area contributed by atoms with Crippen molar-refractivity contribution in [3.8, 4) is 0 Å². The summed E-state index contributed by atoms with van der Waals surface area (Å²) in [5.41, 5.74) is 0.262. The second-order valence-electron chi connectivity index (χ2n) is 4.48. The standard InChI is InChI=1S/C11H14N2O2S2/c1-11(9-4-3-5-10(16)6-9)7-17(14,15)13(2)8-12-11/h3-5,8H,6-7H2,1-2H3. The molecule has 0 N–H and O–H groups in total. The number of thiocarbonyl (C=S) groups is 1. The van der Waals surface area contributed by atoms with E-state index in [4.69, 9.17) is 12.2 Å². The Morgan fingerprint density at radius 1 is 1.53 bits per heavy atom. The lowest BCUT2D eigenvalue weighted by molar-refractivity contribution is 0.506. The molecule has 0 bridgehead atoms. The highest BCUT2D eigenvalue weighted by Gasteiger charge is 2.38. The fourth-order valence-electron chi connectivity index (χ4n) is 1.90. The van der Waals surface area contributed by atoms with Crippen LogP contribution in [0.3, 0.4) is 0 Å². The largest absolute Gasteiger partial charge is 0.263 e. The molecule has 1 heterocycles. The summed E-state index contributed by atoms with van der Waals surface area (Å²) in [6.45, 7) is 1.83. The first-order valence-electron chi connectivity index (χ1n) is 5.25. The van der Waals surface area contributed by atoms with Gasteiger partial charge in [0.15, 0.2) is 0 Å². The van der Waals surface area contributed by atoms with Crippen LogP contribution in [0.4, 0.5) is 0 Å². The van der Waals surface area contributed by atoms with Crippen LogP contribution in [0.15, 0.2) is 28.8 Å². The molecular formula is C11H14N2O2S2. The summed E-state index contributed by atoms with van der Waals surface area (Å²) in [4.78, 5) is 5.17. The molecular weight excluding hydrogens is 256 g/mol. The summed E-state index contributed by atoms with van der Waals surface area (Å²) in [5, 5.41) is 0. The molecule has 2 aliphatic rings. The maximum Gasteiger partial charge on any atom is 0.238 e.